The van der Waals surface area contributed by atoms with Crippen LogP contribution in [-0.2, 0) is 19.5 Å². The first-order valence-electron chi connectivity index (χ1n) is 7.13. The van der Waals surface area contributed by atoms with Crippen LogP contribution in [0.25, 0.3) is 0 Å². The van der Waals surface area contributed by atoms with Gasteiger partial charge < -0.3 is 9.88 Å². The Kier molecular flexibility index (Phi) is 5.45. The minimum absolute atomic E-state index is 0.134. The van der Waals surface area contributed by atoms with Gasteiger partial charge in [-0.3, -0.25) is 10.1 Å². The van der Waals surface area contributed by atoms with Crippen LogP contribution in [0.15, 0.2) is 36.8 Å². The molecule has 0 spiro atoms. The Balaban J connectivity index is 1.76. The monoisotopic (exact) mass is 288 g/mol. The molecule has 0 unspecified atom stereocenters. The minimum Gasteiger partial charge on any atom is -0.333 e. The van der Waals surface area contributed by atoms with Gasteiger partial charge in [0.25, 0.3) is 5.69 Å². The van der Waals surface area contributed by atoms with Gasteiger partial charge in [-0.1, -0.05) is 19.1 Å². The second-order valence-corrected chi connectivity index (χ2v) is 4.93. The molecule has 0 aliphatic rings. The summed E-state index contributed by atoms with van der Waals surface area (Å²) in [6, 6.07) is 6.71. The first kappa shape index (κ1) is 15.2. The van der Waals surface area contributed by atoms with Crippen LogP contribution in [0.5, 0.6) is 0 Å². The first-order chi connectivity index (χ1) is 10.2. The summed E-state index contributed by atoms with van der Waals surface area (Å²) < 4.78 is 2.15. The van der Waals surface area contributed by atoms with Gasteiger partial charge in [0.2, 0.25) is 0 Å². The van der Waals surface area contributed by atoms with E-state index in [0.29, 0.717) is 0 Å². The average Bonchev–Trinajstić information content (AvgIpc) is 2.92. The van der Waals surface area contributed by atoms with Crippen molar-refractivity contribution in [2.45, 2.75) is 32.9 Å². The third kappa shape index (κ3) is 4.39. The summed E-state index contributed by atoms with van der Waals surface area (Å²) in [4.78, 5) is 14.4. The lowest BCUT2D eigenvalue weighted by Gasteiger charge is -2.08. The molecule has 0 aliphatic carbocycles. The minimum atomic E-state index is -0.378. The highest BCUT2D eigenvalue weighted by atomic mass is 16.6. The summed E-state index contributed by atoms with van der Waals surface area (Å²) in [5, 5.41) is 14.0. The third-order valence-electron chi connectivity index (χ3n) is 3.31. The van der Waals surface area contributed by atoms with Gasteiger partial charge in [0.05, 0.1) is 16.9 Å². The number of nitrogens with one attached hydrogen (secondary N) is 1. The van der Waals surface area contributed by atoms with E-state index in [0.717, 1.165) is 38.0 Å². The van der Waals surface area contributed by atoms with Gasteiger partial charge in [-0.2, -0.15) is 0 Å². The summed E-state index contributed by atoms with van der Waals surface area (Å²) in [6.45, 7) is 4.74. The van der Waals surface area contributed by atoms with Gasteiger partial charge in [-0.15, -0.1) is 0 Å². The highest BCUT2D eigenvalue weighted by Gasteiger charge is 2.04. The number of benzene rings is 1. The van der Waals surface area contributed by atoms with E-state index in [1.807, 2.05) is 12.5 Å². The first-order valence-corrected chi connectivity index (χ1v) is 7.13. The van der Waals surface area contributed by atoms with Crippen molar-refractivity contribution in [2.75, 3.05) is 6.54 Å². The highest BCUT2D eigenvalue weighted by molar-refractivity contribution is 5.32. The van der Waals surface area contributed by atoms with Crippen LogP contribution in [0.4, 0.5) is 5.69 Å². The Morgan fingerprint density at radius 1 is 1.33 bits per heavy atom. The number of hydrogen-bond donors (Lipinski definition) is 1. The Bertz CT molecular complexity index is 578. The van der Waals surface area contributed by atoms with Crippen molar-refractivity contribution in [1.82, 2.24) is 14.9 Å². The summed E-state index contributed by atoms with van der Waals surface area (Å²) in [5.41, 5.74) is 2.41. The highest BCUT2D eigenvalue weighted by Crippen LogP contribution is 2.12. The maximum Gasteiger partial charge on any atom is 0.269 e. The Morgan fingerprint density at radius 2 is 2.10 bits per heavy atom. The van der Waals surface area contributed by atoms with Gasteiger partial charge in [0.15, 0.2) is 0 Å². The van der Waals surface area contributed by atoms with Crippen molar-refractivity contribution in [1.29, 1.82) is 0 Å². The van der Waals surface area contributed by atoms with E-state index in [-0.39, 0.29) is 10.6 Å². The molecule has 1 heterocycles. The van der Waals surface area contributed by atoms with Gasteiger partial charge in [0, 0.05) is 31.4 Å². The van der Waals surface area contributed by atoms with Crippen LogP contribution >= 0.6 is 0 Å². The van der Waals surface area contributed by atoms with Crippen molar-refractivity contribution in [3.63, 3.8) is 0 Å². The Hall–Kier alpha value is -2.21. The number of aromatic nitrogens is 2. The predicted octanol–water partition coefficient (Wildman–Crippen LogP) is 2.53. The molecule has 0 saturated heterocycles. The fraction of sp³-hybridized carbons (Fsp3) is 0.400. The Labute approximate surface area is 124 Å². The maximum absolute atomic E-state index is 10.6. The van der Waals surface area contributed by atoms with E-state index < -0.39 is 0 Å². The van der Waals surface area contributed by atoms with Crippen LogP contribution < -0.4 is 5.32 Å². The molecule has 1 aromatic carbocycles. The van der Waals surface area contributed by atoms with Crippen molar-refractivity contribution in [2.24, 2.45) is 0 Å². The number of imidazole rings is 1. The van der Waals surface area contributed by atoms with Crippen molar-refractivity contribution < 1.29 is 4.92 Å². The zero-order chi connectivity index (χ0) is 15.1. The summed E-state index contributed by atoms with van der Waals surface area (Å²) in [7, 11) is 0. The Morgan fingerprint density at radius 3 is 2.76 bits per heavy atom. The van der Waals surface area contributed by atoms with Gasteiger partial charge in [-0.25, -0.2) is 4.98 Å². The maximum atomic E-state index is 10.6. The van der Waals surface area contributed by atoms with Crippen LogP contribution in [0, 0.1) is 10.1 Å². The number of nitro benzene ring substituents is 1. The molecule has 112 valence electrons. The smallest absolute Gasteiger partial charge is 0.269 e. The number of nitro groups is 1. The lowest BCUT2D eigenvalue weighted by molar-refractivity contribution is -0.384. The fourth-order valence-electron chi connectivity index (χ4n) is 2.17. The lowest BCUT2D eigenvalue weighted by Crippen LogP contribution is -2.18. The molecular formula is C15H20N4O2. The fourth-order valence-corrected chi connectivity index (χ4v) is 2.17. The van der Waals surface area contributed by atoms with E-state index in [9.17, 15) is 10.1 Å². The topological polar surface area (TPSA) is 73.0 Å². The van der Waals surface area contributed by atoms with Crippen LogP contribution in [-0.4, -0.2) is 21.0 Å². The number of nitrogens with zero attached hydrogens (tertiary/aromatic N) is 3. The zero-order valence-corrected chi connectivity index (χ0v) is 12.2. The molecule has 0 saturated carbocycles. The second-order valence-electron chi connectivity index (χ2n) is 4.93. The van der Waals surface area contributed by atoms with Crippen molar-refractivity contribution in [3.05, 3.63) is 58.2 Å². The molecule has 1 N–H and O–H groups in total. The van der Waals surface area contributed by atoms with Crippen molar-refractivity contribution >= 4 is 5.69 Å². The molecule has 6 heteroatoms. The molecule has 2 aromatic rings. The van der Waals surface area contributed by atoms with E-state index in [1.165, 1.54) is 5.69 Å². The van der Waals surface area contributed by atoms with E-state index in [4.69, 9.17) is 0 Å². The molecule has 0 atom stereocenters. The molecule has 0 radical (unpaired) electrons. The number of non-ortho nitro benzene ring substituents is 1. The molecule has 0 fully saturated rings. The molecule has 21 heavy (non-hydrogen) atoms. The molecule has 2 rings (SSSR count). The second kappa shape index (κ2) is 7.54. The quantitative estimate of drug-likeness (QED) is 0.460. The van der Waals surface area contributed by atoms with E-state index >= 15 is 0 Å². The summed E-state index contributed by atoms with van der Waals surface area (Å²) >= 11 is 0. The van der Waals surface area contributed by atoms with Gasteiger partial charge in [0.1, 0.15) is 0 Å². The van der Waals surface area contributed by atoms with E-state index in [1.54, 1.807) is 24.3 Å². The molecule has 6 nitrogen and oxygen atoms in total. The number of rotatable bonds is 8. The molecule has 0 amide bonds. The zero-order valence-electron chi connectivity index (χ0n) is 12.2. The molecule has 0 aliphatic heterocycles. The normalized spacial score (nSPS) is 10.7. The van der Waals surface area contributed by atoms with Crippen LogP contribution in [0.2, 0.25) is 0 Å². The summed E-state index contributed by atoms with van der Waals surface area (Å²) in [5.74, 6) is 0. The van der Waals surface area contributed by atoms with Crippen LogP contribution in [0.1, 0.15) is 24.6 Å². The molecule has 0 bridgehead atoms. The van der Waals surface area contributed by atoms with Crippen molar-refractivity contribution in [3.8, 4) is 0 Å². The van der Waals surface area contributed by atoms with E-state index in [2.05, 4.69) is 21.8 Å². The lowest BCUT2D eigenvalue weighted by atomic mass is 10.1. The van der Waals surface area contributed by atoms with Gasteiger partial charge >= 0.3 is 0 Å². The van der Waals surface area contributed by atoms with Crippen LogP contribution in [0.3, 0.4) is 0 Å². The average molecular weight is 288 g/mol. The van der Waals surface area contributed by atoms with Gasteiger partial charge in [-0.05, 0) is 24.9 Å². The summed E-state index contributed by atoms with van der Waals surface area (Å²) in [6.07, 6.45) is 5.68. The standard InChI is InChI=1S/C15H20N4O2/c1-2-9-18-12-17-11-15(18)10-16-8-7-13-3-5-14(6-4-13)19(20)21/h3-6,11-12,16H,2,7-10H2,1H3. The SMILES string of the molecule is CCCn1cncc1CNCCc1ccc([N+](=O)[O-])cc1. The molecule has 1 aromatic heterocycles. The molecular weight excluding hydrogens is 268 g/mol. The number of hydrogen-bond acceptors (Lipinski definition) is 4. The predicted molar refractivity (Wildman–Crippen MR) is 81.0 cm³/mol. The largest absolute Gasteiger partial charge is 0.333 e. The third-order valence-corrected chi connectivity index (χ3v) is 3.31. The number of aryl methyl sites for hydroxylation is 1.